The number of halogens is 2. The molecule has 2 N–H and O–H groups in total. The van der Waals surface area contributed by atoms with E-state index >= 15 is 0 Å². The van der Waals surface area contributed by atoms with Crippen LogP contribution in [-0.2, 0) is 9.59 Å². The second kappa shape index (κ2) is 6.82. The Hall–Kier alpha value is -1.20. The Bertz CT molecular complexity index is 328. The van der Waals surface area contributed by atoms with E-state index in [0.717, 1.165) is 19.3 Å². The largest absolute Gasteiger partial charge is 0.480 e. The molecule has 1 amide bonds. The zero-order chi connectivity index (χ0) is 14.5. The molecule has 0 aromatic carbocycles. The standard InChI is InChI=1S/C13H21F2NO3/c1-2-13(6-4-3-5-7-13)12(19)16-9(11(17)18)8-10(14)15/h9-10H,2-8H2,1H3,(H,16,19)(H,17,18). The van der Waals surface area contributed by atoms with Gasteiger partial charge in [0.05, 0.1) is 0 Å². The first kappa shape index (κ1) is 15.9. The summed E-state index contributed by atoms with van der Waals surface area (Å²) >= 11 is 0. The number of carbonyl (C=O) groups is 2. The van der Waals surface area contributed by atoms with Crippen molar-refractivity contribution in [2.45, 2.75) is 64.3 Å². The van der Waals surface area contributed by atoms with Crippen molar-refractivity contribution >= 4 is 11.9 Å². The van der Waals surface area contributed by atoms with E-state index in [-0.39, 0.29) is 5.91 Å². The Morgan fingerprint density at radius 1 is 1.26 bits per heavy atom. The molecule has 110 valence electrons. The fraction of sp³-hybridized carbons (Fsp3) is 0.846. The van der Waals surface area contributed by atoms with E-state index in [1.165, 1.54) is 0 Å². The van der Waals surface area contributed by atoms with Gasteiger partial charge in [0.25, 0.3) is 0 Å². The second-order valence-electron chi connectivity index (χ2n) is 5.19. The summed E-state index contributed by atoms with van der Waals surface area (Å²) in [6, 6.07) is -1.50. The predicted octanol–water partition coefficient (Wildman–Crippen LogP) is 2.57. The lowest BCUT2D eigenvalue weighted by Crippen LogP contribution is -2.49. The fourth-order valence-corrected chi connectivity index (χ4v) is 2.68. The lowest BCUT2D eigenvalue weighted by Gasteiger charge is -2.35. The number of nitrogens with one attached hydrogen (secondary N) is 1. The van der Waals surface area contributed by atoms with E-state index < -0.39 is 30.3 Å². The van der Waals surface area contributed by atoms with Crippen LogP contribution in [0.2, 0.25) is 0 Å². The van der Waals surface area contributed by atoms with Gasteiger partial charge in [0.2, 0.25) is 12.3 Å². The van der Waals surface area contributed by atoms with Crippen molar-refractivity contribution in [1.29, 1.82) is 0 Å². The SMILES string of the molecule is CCC1(C(=O)NC(CC(F)F)C(=O)O)CCCCC1. The maximum absolute atomic E-state index is 12.3. The molecule has 19 heavy (non-hydrogen) atoms. The van der Waals surface area contributed by atoms with Gasteiger partial charge in [-0.15, -0.1) is 0 Å². The van der Waals surface area contributed by atoms with Crippen LogP contribution >= 0.6 is 0 Å². The molecule has 0 spiro atoms. The molecule has 0 aromatic rings. The minimum atomic E-state index is -2.75. The maximum atomic E-state index is 12.3. The first-order chi connectivity index (χ1) is 8.91. The number of amides is 1. The van der Waals surface area contributed by atoms with Crippen molar-refractivity contribution < 1.29 is 23.5 Å². The Kier molecular flexibility index (Phi) is 5.69. The molecule has 0 bridgehead atoms. The third-order valence-electron chi connectivity index (χ3n) is 3.99. The van der Waals surface area contributed by atoms with Crippen LogP contribution in [0.1, 0.15) is 51.9 Å². The fourth-order valence-electron chi connectivity index (χ4n) is 2.68. The number of hydrogen-bond donors (Lipinski definition) is 2. The highest BCUT2D eigenvalue weighted by Crippen LogP contribution is 2.39. The van der Waals surface area contributed by atoms with Gasteiger partial charge in [-0.1, -0.05) is 26.2 Å². The van der Waals surface area contributed by atoms with E-state index in [2.05, 4.69) is 5.32 Å². The molecule has 4 nitrogen and oxygen atoms in total. The average molecular weight is 277 g/mol. The maximum Gasteiger partial charge on any atom is 0.326 e. The van der Waals surface area contributed by atoms with Gasteiger partial charge < -0.3 is 10.4 Å². The molecule has 1 fully saturated rings. The van der Waals surface area contributed by atoms with Gasteiger partial charge >= 0.3 is 5.97 Å². The van der Waals surface area contributed by atoms with Crippen molar-refractivity contribution in [3.63, 3.8) is 0 Å². The van der Waals surface area contributed by atoms with Crippen LogP contribution in [0.25, 0.3) is 0 Å². The summed E-state index contributed by atoms with van der Waals surface area (Å²) in [4.78, 5) is 23.1. The molecule has 0 aromatic heterocycles. The van der Waals surface area contributed by atoms with Gasteiger partial charge in [-0.3, -0.25) is 4.79 Å². The molecule has 1 aliphatic carbocycles. The van der Waals surface area contributed by atoms with E-state index in [4.69, 9.17) is 5.11 Å². The first-order valence-corrected chi connectivity index (χ1v) is 6.73. The highest BCUT2D eigenvalue weighted by molar-refractivity contribution is 5.87. The van der Waals surface area contributed by atoms with Crippen LogP contribution in [0.5, 0.6) is 0 Å². The van der Waals surface area contributed by atoms with E-state index in [0.29, 0.717) is 19.3 Å². The minimum Gasteiger partial charge on any atom is -0.480 e. The Morgan fingerprint density at radius 2 is 1.84 bits per heavy atom. The van der Waals surface area contributed by atoms with Crippen molar-refractivity contribution in [2.24, 2.45) is 5.41 Å². The highest BCUT2D eigenvalue weighted by atomic mass is 19.3. The number of alkyl halides is 2. The van der Waals surface area contributed by atoms with E-state index in [9.17, 15) is 18.4 Å². The zero-order valence-corrected chi connectivity index (χ0v) is 11.1. The lowest BCUT2D eigenvalue weighted by atomic mass is 9.71. The van der Waals surface area contributed by atoms with Crippen molar-refractivity contribution in [1.82, 2.24) is 5.32 Å². The van der Waals surface area contributed by atoms with Crippen molar-refractivity contribution in [3.8, 4) is 0 Å². The van der Waals surface area contributed by atoms with Gasteiger partial charge in [-0.2, -0.15) is 0 Å². The number of carboxylic acid groups (broad SMARTS) is 1. The summed E-state index contributed by atoms with van der Waals surface area (Å²) in [6.45, 7) is 1.88. The summed E-state index contributed by atoms with van der Waals surface area (Å²) in [5.74, 6) is -1.79. The molecular formula is C13H21F2NO3. The van der Waals surface area contributed by atoms with Gasteiger partial charge in [0.1, 0.15) is 6.04 Å². The normalized spacial score (nSPS) is 20.0. The van der Waals surface area contributed by atoms with Crippen molar-refractivity contribution in [2.75, 3.05) is 0 Å². The van der Waals surface area contributed by atoms with Crippen LogP contribution in [0.4, 0.5) is 8.78 Å². The smallest absolute Gasteiger partial charge is 0.326 e. The Labute approximate surface area is 111 Å². The second-order valence-corrected chi connectivity index (χ2v) is 5.19. The number of carboxylic acids is 1. The van der Waals surface area contributed by atoms with Gasteiger partial charge in [-0.25, -0.2) is 13.6 Å². The predicted molar refractivity (Wildman–Crippen MR) is 66.0 cm³/mol. The number of carbonyl (C=O) groups excluding carboxylic acids is 1. The summed E-state index contributed by atoms with van der Waals surface area (Å²) < 4.78 is 24.6. The van der Waals surface area contributed by atoms with Crippen LogP contribution in [0, 0.1) is 5.41 Å². The quantitative estimate of drug-likeness (QED) is 0.784. The third kappa shape index (κ3) is 4.14. The summed E-state index contributed by atoms with van der Waals surface area (Å²) in [5.41, 5.74) is -0.575. The first-order valence-electron chi connectivity index (χ1n) is 6.73. The number of hydrogen-bond acceptors (Lipinski definition) is 2. The number of aliphatic carboxylic acids is 1. The molecule has 1 saturated carbocycles. The minimum absolute atomic E-state index is 0.386. The summed E-state index contributed by atoms with van der Waals surface area (Å²) in [6.07, 6.45) is 1.34. The van der Waals surface area contributed by atoms with Crippen LogP contribution in [0.15, 0.2) is 0 Å². The van der Waals surface area contributed by atoms with Crippen LogP contribution < -0.4 is 5.32 Å². The molecule has 1 rings (SSSR count). The topological polar surface area (TPSA) is 66.4 Å². The van der Waals surface area contributed by atoms with Gasteiger partial charge in [-0.05, 0) is 19.3 Å². The summed E-state index contributed by atoms with van der Waals surface area (Å²) in [7, 11) is 0. The molecule has 0 aliphatic heterocycles. The zero-order valence-electron chi connectivity index (χ0n) is 11.1. The van der Waals surface area contributed by atoms with E-state index in [1.54, 1.807) is 0 Å². The summed E-state index contributed by atoms with van der Waals surface area (Å²) in [5, 5.41) is 11.2. The monoisotopic (exact) mass is 277 g/mol. The Morgan fingerprint density at radius 3 is 2.26 bits per heavy atom. The van der Waals surface area contributed by atoms with E-state index in [1.807, 2.05) is 6.92 Å². The number of rotatable bonds is 6. The van der Waals surface area contributed by atoms with Crippen LogP contribution in [-0.4, -0.2) is 29.5 Å². The Balaban J connectivity index is 2.71. The van der Waals surface area contributed by atoms with Crippen molar-refractivity contribution in [3.05, 3.63) is 0 Å². The molecule has 6 heteroatoms. The average Bonchev–Trinajstić information content (AvgIpc) is 2.38. The third-order valence-corrected chi connectivity index (χ3v) is 3.99. The molecule has 0 radical (unpaired) electrons. The van der Waals surface area contributed by atoms with Gasteiger partial charge in [0, 0.05) is 11.8 Å². The molecule has 1 aliphatic rings. The van der Waals surface area contributed by atoms with Gasteiger partial charge in [0.15, 0.2) is 0 Å². The molecule has 0 saturated heterocycles. The molecule has 1 unspecified atom stereocenters. The molecule has 0 heterocycles. The lowest BCUT2D eigenvalue weighted by molar-refractivity contribution is -0.145. The molecule has 1 atom stereocenters. The highest BCUT2D eigenvalue weighted by Gasteiger charge is 2.39. The van der Waals surface area contributed by atoms with Crippen LogP contribution in [0.3, 0.4) is 0 Å². The molecular weight excluding hydrogens is 256 g/mol.